The Morgan fingerprint density at radius 3 is 2.56 bits per heavy atom. The summed E-state index contributed by atoms with van der Waals surface area (Å²) in [5, 5.41) is 12.0. The fourth-order valence-electron chi connectivity index (χ4n) is 2.24. The summed E-state index contributed by atoms with van der Waals surface area (Å²) < 4.78 is 44.0. The van der Waals surface area contributed by atoms with Gasteiger partial charge in [-0.05, 0) is 41.6 Å². The molecule has 0 fully saturated rings. The molecule has 0 aliphatic carbocycles. The van der Waals surface area contributed by atoms with Gasteiger partial charge < -0.3 is 4.74 Å². The summed E-state index contributed by atoms with van der Waals surface area (Å²) in [6.45, 7) is 0.596. The molecule has 0 bridgehead atoms. The number of rotatable bonds is 7. The molecule has 0 radical (unpaired) electrons. The lowest BCUT2D eigenvalue weighted by molar-refractivity contribution is 0.280. The molecular weight excluding hydrogens is 373 g/mol. The first kappa shape index (κ1) is 18.9. The van der Waals surface area contributed by atoms with Gasteiger partial charge in [0.05, 0.1) is 11.4 Å². The summed E-state index contributed by atoms with van der Waals surface area (Å²) >= 11 is 0. The normalized spacial score (nSPS) is 11.7. The molecule has 0 saturated carbocycles. The highest BCUT2D eigenvalue weighted by Crippen LogP contribution is 2.18. The van der Waals surface area contributed by atoms with Gasteiger partial charge in [-0.3, -0.25) is 0 Å². The number of hydrogen-bond donors (Lipinski definition) is 0. The molecule has 0 atom stereocenters. The Hall–Kier alpha value is -2.85. The number of nitrogens with zero attached hydrogens (tertiary/aromatic N) is 5. The molecule has 0 N–H and O–H groups in total. The lowest BCUT2D eigenvalue weighted by Gasteiger charge is -2.12. The molecule has 0 unspecified atom stereocenters. The highest BCUT2D eigenvalue weighted by molar-refractivity contribution is 7.89. The number of benzene rings is 2. The van der Waals surface area contributed by atoms with Gasteiger partial charge in [-0.25, -0.2) is 17.1 Å². The Balaban J connectivity index is 1.58. The van der Waals surface area contributed by atoms with Crippen LogP contribution in [0.25, 0.3) is 11.4 Å². The van der Waals surface area contributed by atoms with Crippen LogP contribution in [0.3, 0.4) is 0 Å². The van der Waals surface area contributed by atoms with Crippen LogP contribution in [-0.4, -0.2) is 53.6 Å². The molecule has 0 aliphatic heterocycles. The van der Waals surface area contributed by atoms with Crippen molar-refractivity contribution >= 4 is 10.0 Å². The summed E-state index contributed by atoms with van der Waals surface area (Å²) in [5.41, 5.74) is 0.542. The molecule has 1 aromatic heterocycles. The highest BCUT2D eigenvalue weighted by Gasteiger charge is 2.16. The van der Waals surface area contributed by atoms with E-state index < -0.39 is 10.0 Å². The van der Waals surface area contributed by atoms with Crippen molar-refractivity contribution in [2.45, 2.75) is 11.4 Å². The van der Waals surface area contributed by atoms with Crippen molar-refractivity contribution in [2.75, 3.05) is 20.7 Å². The molecule has 0 amide bonds. The molecule has 0 aliphatic rings. The minimum Gasteiger partial charge on any atom is -0.492 e. The van der Waals surface area contributed by atoms with Crippen LogP contribution in [0.1, 0.15) is 0 Å². The Morgan fingerprint density at radius 1 is 1.15 bits per heavy atom. The minimum atomic E-state index is -3.47. The van der Waals surface area contributed by atoms with E-state index >= 15 is 0 Å². The maximum Gasteiger partial charge on any atom is 0.242 e. The van der Waals surface area contributed by atoms with Gasteiger partial charge in [0.25, 0.3) is 0 Å². The number of sulfonamides is 1. The largest absolute Gasteiger partial charge is 0.492 e. The van der Waals surface area contributed by atoms with Crippen molar-refractivity contribution in [2.24, 2.45) is 0 Å². The molecule has 3 aromatic rings. The van der Waals surface area contributed by atoms with Crippen molar-refractivity contribution in [1.82, 2.24) is 24.5 Å². The standard InChI is InChI=1S/C17H18FN5O3S/c1-22(2)27(24,25)16-8-6-15(7-9-16)26-11-10-23-20-17(19-21-23)13-4-3-5-14(18)12-13/h3-9,12H,10-11H2,1-2H3. The molecule has 3 rings (SSSR count). The first-order valence-corrected chi connectivity index (χ1v) is 9.49. The summed E-state index contributed by atoms with van der Waals surface area (Å²) in [5.74, 6) is 0.484. The molecule has 0 spiro atoms. The second-order valence-electron chi connectivity index (χ2n) is 5.83. The van der Waals surface area contributed by atoms with Crippen LogP contribution in [0.5, 0.6) is 5.75 Å². The van der Waals surface area contributed by atoms with Gasteiger partial charge in [0.2, 0.25) is 15.8 Å². The molecule has 1 heterocycles. The summed E-state index contributed by atoms with van der Waals surface area (Å²) in [6.07, 6.45) is 0. The smallest absolute Gasteiger partial charge is 0.242 e. The van der Waals surface area contributed by atoms with E-state index in [1.165, 1.54) is 43.2 Å². The molecular formula is C17H18FN5O3S. The Morgan fingerprint density at radius 2 is 1.89 bits per heavy atom. The van der Waals surface area contributed by atoms with E-state index in [4.69, 9.17) is 4.74 Å². The van der Waals surface area contributed by atoms with Crippen molar-refractivity contribution in [3.63, 3.8) is 0 Å². The fraction of sp³-hybridized carbons (Fsp3) is 0.235. The van der Waals surface area contributed by atoms with Crippen LogP contribution in [0.2, 0.25) is 0 Å². The Bertz CT molecular complexity index is 1020. The molecule has 142 valence electrons. The van der Waals surface area contributed by atoms with Gasteiger partial charge in [0, 0.05) is 19.7 Å². The summed E-state index contributed by atoms with van der Waals surface area (Å²) in [6, 6.07) is 12.1. The van der Waals surface area contributed by atoms with Gasteiger partial charge in [-0.15, -0.1) is 10.2 Å². The SMILES string of the molecule is CN(C)S(=O)(=O)c1ccc(OCCn2nnc(-c3cccc(F)c3)n2)cc1. The van der Waals surface area contributed by atoms with Gasteiger partial charge in [0.1, 0.15) is 18.2 Å². The quantitative estimate of drug-likeness (QED) is 0.610. The Labute approximate surface area is 156 Å². The van der Waals surface area contributed by atoms with Gasteiger partial charge in [-0.2, -0.15) is 4.80 Å². The average molecular weight is 391 g/mol. The van der Waals surface area contributed by atoms with Crippen molar-refractivity contribution < 1.29 is 17.5 Å². The zero-order valence-electron chi connectivity index (χ0n) is 14.8. The van der Waals surface area contributed by atoms with Crippen LogP contribution in [0.15, 0.2) is 53.4 Å². The number of aromatic nitrogens is 4. The Kier molecular flexibility index (Phi) is 5.47. The zero-order valence-corrected chi connectivity index (χ0v) is 15.6. The van der Waals surface area contributed by atoms with Gasteiger partial charge in [0.15, 0.2) is 0 Å². The molecule has 10 heteroatoms. The van der Waals surface area contributed by atoms with Crippen LogP contribution in [-0.2, 0) is 16.6 Å². The second-order valence-corrected chi connectivity index (χ2v) is 7.98. The lowest BCUT2D eigenvalue weighted by atomic mass is 10.2. The molecule has 27 heavy (non-hydrogen) atoms. The number of halogens is 1. The van der Waals surface area contributed by atoms with Gasteiger partial charge >= 0.3 is 0 Å². The van der Waals surface area contributed by atoms with Crippen LogP contribution in [0.4, 0.5) is 4.39 Å². The van der Waals surface area contributed by atoms with E-state index in [-0.39, 0.29) is 17.3 Å². The maximum atomic E-state index is 13.3. The third-order valence-corrected chi connectivity index (χ3v) is 5.53. The van der Waals surface area contributed by atoms with Crippen LogP contribution < -0.4 is 4.74 Å². The maximum absolute atomic E-state index is 13.3. The van der Waals surface area contributed by atoms with E-state index in [2.05, 4.69) is 15.4 Å². The average Bonchev–Trinajstić information content (AvgIpc) is 3.11. The van der Waals surface area contributed by atoms with Crippen LogP contribution >= 0.6 is 0 Å². The topological polar surface area (TPSA) is 90.2 Å². The number of tetrazole rings is 1. The van der Waals surface area contributed by atoms with Gasteiger partial charge in [-0.1, -0.05) is 12.1 Å². The minimum absolute atomic E-state index is 0.192. The predicted molar refractivity (Wildman–Crippen MR) is 96.0 cm³/mol. The second kappa shape index (κ2) is 7.80. The number of ether oxygens (including phenoxy) is 1. The lowest BCUT2D eigenvalue weighted by Crippen LogP contribution is -2.22. The highest BCUT2D eigenvalue weighted by atomic mass is 32.2. The van der Waals surface area contributed by atoms with E-state index in [1.54, 1.807) is 24.3 Å². The third-order valence-electron chi connectivity index (χ3n) is 3.70. The van der Waals surface area contributed by atoms with Crippen molar-refractivity contribution in [1.29, 1.82) is 0 Å². The molecule has 0 saturated heterocycles. The summed E-state index contributed by atoms with van der Waals surface area (Å²) in [4.78, 5) is 1.54. The first-order valence-electron chi connectivity index (χ1n) is 8.05. The monoisotopic (exact) mass is 391 g/mol. The predicted octanol–water partition coefficient (Wildman–Crippen LogP) is 1.81. The van der Waals surface area contributed by atoms with E-state index in [1.807, 2.05) is 0 Å². The fourth-order valence-corrected chi connectivity index (χ4v) is 3.15. The number of hydrogen-bond acceptors (Lipinski definition) is 6. The van der Waals surface area contributed by atoms with E-state index in [0.717, 1.165) is 4.31 Å². The zero-order chi connectivity index (χ0) is 19.4. The van der Waals surface area contributed by atoms with Crippen molar-refractivity contribution in [3.05, 3.63) is 54.3 Å². The van der Waals surface area contributed by atoms with E-state index in [0.29, 0.717) is 23.7 Å². The van der Waals surface area contributed by atoms with Crippen molar-refractivity contribution in [3.8, 4) is 17.1 Å². The molecule has 8 nitrogen and oxygen atoms in total. The third kappa shape index (κ3) is 4.47. The first-order chi connectivity index (χ1) is 12.9. The van der Waals surface area contributed by atoms with Crippen LogP contribution in [0, 0.1) is 5.82 Å². The molecule has 2 aromatic carbocycles. The summed E-state index contributed by atoms with van der Waals surface area (Å²) in [7, 11) is -0.515. The van der Waals surface area contributed by atoms with E-state index in [9.17, 15) is 12.8 Å².